The summed E-state index contributed by atoms with van der Waals surface area (Å²) in [4.78, 5) is 36.0. The van der Waals surface area contributed by atoms with E-state index in [1.165, 1.54) is 43.1 Å². The highest BCUT2D eigenvalue weighted by Crippen LogP contribution is 2.29. The molecular formula is C23H20ClN3O5S. The molecule has 170 valence electrons. The summed E-state index contributed by atoms with van der Waals surface area (Å²) < 4.78 is 5.10. The molecule has 0 saturated heterocycles. The van der Waals surface area contributed by atoms with Crippen LogP contribution in [0.1, 0.15) is 17.3 Å². The number of nitro benzene ring substituents is 1. The van der Waals surface area contributed by atoms with Crippen LogP contribution in [0.3, 0.4) is 0 Å². The molecule has 0 fully saturated rings. The van der Waals surface area contributed by atoms with Gasteiger partial charge in [-0.15, -0.1) is 11.8 Å². The molecule has 1 unspecified atom stereocenters. The van der Waals surface area contributed by atoms with Gasteiger partial charge in [-0.05, 0) is 55.5 Å². The topological polar surface area (TPSA) is 111 Å². The predicted octanol–water partition coefficient (Wildman–Crippen LogP) is 5.63. The molecule has 2 amide bonds. The van der Waals surface area contributed by atoms with Gasteiger partial charge < -0.3 is 15.4 Å². The second-order valence-electron chi connectivity index (χ2n) is 6.88. The molecule has 3 rings (SSSR count). The van der Waals surface area contributed by atoms with Gasteiger partial charge in [-0.2, -0.15) is 0 Å². The largest absolute Gasteiger partial charge is 0.495 e. The van der Waals surface area contributed by atoms with Crippen LogP contribution in [-0.4, -0.2) is 29.1 Å². The van der Waals surface area contributed by atoms with Gasteiger partial charge in [0.1, 0.15) is 5.75 Å². The van der Waals surface area contributed by atoms with Crippen LogP contribution in [-0.2, 0) is 4.79 Å². The number of hydrogen-bond donors (Lipinski definition) is 2. The van der Waals surface area contributed by atoms with E-state index in [0.717, 1.165) is 4.90 Å². The normalized spacial score (nSPS) is 11.4. The number of thioether (sulfide) groups is 1. The minimum absolute atomic E-state index is 0.154. The number of rotatable bonds is 8. The Kier molecular flexibility index (Phi) is 7.92. The Bertz CT molecular complexity index is 1190. The fraction of sp³-hybridized carbons (Fsp3) is 0.130. The molecule has 3 aromatic carbocycles. The first-order valence-electron chi connectivity index (χ1n) is 9.73. The quantitative estimate of drug-likeness (QED) is 0.243. The van der Waals surface area contributed by atoms with E-state index in [4.69, 9.17) is 16.3 Å². The number of halogens is 1. The predicted molar refractivity (Wildman–Crippen MR) is 129 cm³/mol. The number of methoxy groups -OCH3 is 1. The Morgan fingerprint density at radius 2 is 1.73 bits per heavy atom. The van der Waals surface area contributed by atoms with E-state index >= 15 is 0 Å². The molecule has 0 spiro atoms. The Morgan fingerprint density at radius 3 is 2.36 bits per heavy atom. The Balaban J connectivity index is 1.58. The van der Waals surface area contributed by atoms with Gasteiger partial charge in [0.25, 0.3) is 11.6 Å². The lowest BCUT2D eigenvalue weighted by atomic mass is 10.2. The molecule has 0 aromatic heterocycles. The zero-order valence-corrected chi connectivity index (χ0v) is 19.3. The third-order valence-corrected chi connectivity index (χ3v) is 5.94. The van der Waals surface area contributed by atoms with Crippen molar-refractivity contribution < 1.29 is 19.2 Å². The number of nitrogens with zero attached hydrogens (tertiary/aromatic N) is 1. The standard InChI is InChI=1S/C23H20ClN3O5S/c1-14(22(28)26-17-8-11-21(32-2)20(24)13-17)33-19-9-6-16(7-10-19)25-23(29)15-4-3-5-18(12-15)27(30)31/h3-14H,1-2H3,(H,25,29)(H,26,28). The molecule has 0 bridgehead atoms. The summed E-state index contributed by atoms with van der Waals surface area (Å²) >= 11 is 7.45. The van der Waals surface area contributed by atoms with Crippen LogP contribution >= 0.6 is 23.4 Å². The lowest BCUT2D eigenvalue weighted by Gasteiger charge is -2.13. The highest BCUT2D eigenvalue weighted by Gasteiger charge is 2.16. The molecule has 0 aliphatic heterocycles. The second kappa shape index (κ2) is 10.8. The Hall–Kier alpha value is -3.56. The average Bonchev–Trinajstić information content (AvgIpc) is 2.80. The molecule has 0 radical (unpaired) electrons. The SMILES string of the molecule is COc1ccc(NC(=O)C(C)Sc2ccc(NC(=O)c3cccc([N+](=O)[O-])c3)cc2)cc1Cl. The maximum Gasteiger partial charge on any atom is 0.270 e. The van der Waals surface area contributed by atoms with Crippen molar-refractivity contribution in [2.24, 2.45) is 0 Å². The first-order chi connectivity index (χ1) is 15.8. The zero-order valence-electron chi connectivity index (χ0n) is 17.7. The number of non-ortho nitro benzene ring substituents is 1. The van der Waals surface area contributed by atoms with E-state index in [1.54, 1.807) is 49.4 Å². The third-order valence-electron chi connectivity index (χ3n) is 4.53. The van der Waals surface area contributed by atoms with Crippen molar-refractivity contribution in [2.45, 2.75) is 17.1 Å². The van der Waals surface area contributed by atoms with Crippen LogP contribution < -0.4 is 15.4 Å². The first-order valence-corrected chi connectivity index (χ1v) is 11.0. The highest BCUT2D eigenvalue weighted by molar-refractivity contribution is 8.00. The van der Waals surface area contributed by atoms with Gasteiger partial charge in [0.2, 0.25) is 5.91 Å². The summed E-state index contributed by atoms with van der Waals surface area (Å²) in [5.74, 6) is -0.121. The van der Waals surface area contributed by atoms with Crippen LogP contribution in [0.5, 0.6) is 5.75 Å². The fourth-order valence-corrected chi connectivity index (χ4v) is 3.95. The first kappa shape index (κ1) is 24.1. The Labute approximate surface area is 199 Å². The molecule has 0 aliphatic rings. The number of carbonyl (C=O) groups excluding carboxylic acids is 2. The fourth-order valence-electron chi connectivity index (χ4n) is 2.83. The molecule has 10 heteroatoms. The van der Waals surface area contributed by atoms with Crippen molar-refractivity contribution in [3.8, 4) is 5.75 Å². The van der Waals surface area contributed by atoms with Crippen molar-refractivity contribution >= 4 is 52.2 Å². The molecule has 3 aromatic rings. The van der Waals surface area contributed by atoms with Gasteiger partial charge >= 0.3 is 0 Å². The number of anilines is 2. The second-order valence-corrected chi connectivity index (χ2v) is 8.71. The summed E-state index contributed by atoms with van der Waals surface area (Å²) in [6.07, 6.45) is 0. The zero-order chi connectivity index (χ0) is 24.0. The number of amides is 2. The van der Waals surface area contributed by atoms with E-state index in [2.05, 4.69) is 10.6 Å². The van der Waals surface area contributed by atoms with E-state index in [0.29, 0.717) is 22.1 Å². The molecule has 0 saturated carbocycles. The Morgan fingerprint density at radius 1 is 1.03 bits per heavy atom. The smallest absolute Gasteiger partial charge is 0.270 e. The van der Waals surface area contributed by atoms with E-state index in [1.807, 2.05) is 0 Å². The van der Waals surface area contributed by atoms with E-state index in [9.17, 15) is 19.7 Å². The minimum Gasteiger partial charge on any atom is -0.495 e. The number of nitro groups is 1. The number of ether oxygens (including phenoxy) is 1. The van der Waals surface area contributed by atoms with Gasteiger partial charge in [0.15, 0.2) is 0 Å². The van der Waals surface area contributed by atoms with Gasteiger partial charge in [0.05, 0.1) is 22.3 Å². The van der Waals surface area contributed by atoms with Crippen LogP contribution in [0.4, 0.5) is 17.1 Å². The van der Waals surface area contributed by atoms with Crippen LogP contribution in [0.25, 0.3) is 0 Å². The molecule has 8 nitrogen and oxygen atoms in total. The van der Waals surface area contributed by atoms with Gasteiger partial charge in [-0.25, -0.2) is 0 Å². The van der Waals surface area contributed by atoms with Crippen LogP contribution in [0, 0.1) is 10.1 Å². The number of carbonyl (C=O) groups is 2. The number of nitrogens with one attached hydrogen (secondary N) is 2. The third kappa shape index (κ3) is 6.47. The van der Waals surface area contributed by atoms with E-state index in [-0.39, 0.29) is 17.2 Å². The number of benzene rings is 3. The summed E-state index contributed by atoms with van der Waals surface area (Å²) in [6, 6.07) is 17.5. The maximum absolute atomic E-state index is 12.5. The number of hydrogen-bond acceptors (Lipinski definition) is 6. The van der Waals surface area contributed by atoms with Crippen LogP contribution in [0.2, 0.25) is 5.02 Å². The molecule has 33 heavy (non-hydrogen) atoms. The molecule has 2 N–H and O–H groups in total. The lowest BCUT2D eigenvalue weighted by Crippen LogP contribution is -2.22. The minimum atomic E-state index is -0.552. The monoisotopic (exact) mass is 485 g/mol. The average molecular weight is 486 g/mol. The highest BCUT2D eigenvalue weighted by atomic mass is 35.5. The van der Waals surface area contributed by atoms with Gasteiger partial charge in [-0.3, -0.25) is 19.7 Å². The molecule has 1 atom stereocenters. The lowest BCUT2D eigenvalue weighted by molar-refractivity contribution is -0.384. The van der Waals surface area contributed by atoms with Gasteiger partial charge in [-0.1, -0.05) is 17.7 Å². The van der Waals surface area contributed by atoms with Crippen molar-refractivity contribution in [3.05, 3.63) is 87.4 Å². The van der Waals surface area contributed by atoms with Crippen LogP contribution in [0.15, 0.2) is 71.6 Å². The van der Waals surface area contributed by atoms with Gasteiger partial charge in [0, 0.05) is 34.0 Å². The summed E-state index contributed by atoms with van der Waals surface area (Å²) in [5, 5.41) is 16.4. The maximum atomic E-state index is 12.5. The molecule has 0 aliphatic carbocycles. The molecular weight excluding hydrogens is 466 g/mol. The van der Waals surface area contributed by atoms with Crippen molar-refractivity contribution in [3.63, 3.8) is 0 Å². The summed E-state index contributed by atoms with van der Waals surface area (Å²) in [7, 11) is 1.52. The van der Waals surface area contributed by atoms with Crippen molar-refractivity contribution in [2.75, 3.05) is 17.7 Å². The summed E-state index contributed by atoms with van der Waals surface area (Å²) in [5.41, 5.74) is 1.13. The molecule has 0 heterocycles. The van der Waals surface area contributed by atoms with Crippen molar-refractivity contribution in [1.29, 1.82) is 0 Å². The van der Waals surface area contributed by atoms with E-state index < -0.39 is 16.1 Å². The summed E-state index contributed by atoms with van der Waals surface area (Å²) in [6.45, 7) is 1.78. The van der Waals surface area contributed by atoms with Crippen molar-refractivity contribution in [1.82, 2.24) is 0 Å².